The van der Waals surface area contributed by atoms with Crippen LogP contribution in [0, 0.1) is 0 Å². The molecule has 43 heavy (non-hydrogen) atoms. The Hall–Kier alpha value is -4.03. The van der Waals surface area contributed by atoms with E-state index in [0.717, 1.165) is 15.8 Å². The fourth-order valence-corrected chi connectivity index (χ4v) is 6.87. The lowest BCUT2D eigenvalue weighted by molar-refractivity contribution is -0.142. The third kappa shape index (κ3) is 5.45. The van der Waals surface area contributed by atoms with Crippen LogP contribution in [-0.4, -0.2) is 49.3 Å². The van der Waals surface area contributed by atoms with Gasteiger partial charge in [-0.25, -0.2) is 9.79 Å². The molecular weight excluding hydrogens is 638 g/mol. The van der Waals surface area contributed by atoms with Crippen LogP contribution in [0.4, 0.5) is 5.69 Å². The number of hydrogen-bond donors (Lipinski definition) is 0. The minimum absolute atomic E-state index is 0.139. The number of nitrogens with zero attached hydrogens (tertiary/aromatic N) is 3. The summed E-state index contributed by atoms with van der Waals surface area (Å²) in [5.41, 5.74) is 2.01. The number of ether oxygens (including phenoxy) is 3. The SMILES string of the molecule is CCCC1=C(C(=O)OCC)[C@H](c2cc(Br)ccc2OC)n2c(s/c(=C3\C(=O)N(CC(=O)OCC)c4ccccc43)c2=O)=N1. The number of para-hydroxylation sites is 1. The maximum absolute atomic E-state index is 14.4. The number of fused-ring (bicyclic) bond motifs is 2. The quantitative estimate of drug-likeness (QED) is 0.320. The van der Waals surface area contributed by atoms with Crippen molar-refractivity contribution < 1.29 is 28.6 Å². The lowest BCUT2D eigenvalue weighted by Crippen LogP contribution is -2.41. The Labute approximate surface area is 260 Å². The van der Waals surface area contributed by atoms with Gasteiger partial charge >= 0.3 is 11.9 Å². The van der Waals surface area contributed by atoms with Crippen LogP contribution in [-0.2, 0) is 23.9 Å². The van der Waals surface area contributed by atoms with Crippen molar-refractivity contribution in [3.63, 3.8) is 0 Å². The number of benzene rings is 2. The molecule has 0 spiro atoms. The van der Waals surface area contributed by atoms with Crippen LogP contribution < -0.4 is 24.5 Å². The molecule has 10 nitrogen and oxygen atoms in total. The van der Waals surface area contributed by atoms with Gasteiger partial charge in [-0.1, -0.05) is 58.8 Å². The van der Waals surface area contributed by atoms with E-state index in [0.29, 0.717) is 45.9 Å². The topological polar surface area (TPSA) is 117 Å². The van der Waals surface area contributed by atoms with Crippen molar-refractivity contribution >= 4 is 56.4 Å². The lowest BCUT2D eigenvalue weighted by Gasteiger charge is -2.27. The molecule has 5 rings (SSSR count). The van der Waals surface area contributed by atoms with Gasteiger partial charge in [0.1, 0.15) is 22.9 Å². The van der Waals surface area contributed by atoms with Gasteiger partial charge in [-0.2, -0.15) is 0 Å². The molecule has 3 aromatic rings. The highest BCUT2D eigenvalue weighted by molar-refractivity contribution is 9.10. The van der Waals surface area contributed by atoms with E-state index in [1.165, 1.54) is 16.6 Å². The second-order valence-electron chi connectivity index (χ2n) is 9.71. The van der Waals surface area contributed by atoms with E-state index in [9.17, 15) is 19.2 Å². The van der Waals surface area contributed by atoms with Gasteiger partial charge in [0, 0.05) is 15.6 Å². The molecule has 0 bridgehead atoms. The molecule has 0 aliphatic carbocycles. The summed E-state index contributed by atoms with van der Waals surface area (Å²) in [5.74, 6) is -1.16. The zero-order valence-corrected chi connectivity index (χ0v) is 26.5. The van der Waals surface area contributed by atoms with Crippen LogP contribution >= 0.6 is 27.3 Å². The van der Waals surface area contributed by atoms with E-state index in [-0.39, 0.29) is 35.4 Å². The summed E-state index contributed by atoms with van der Waals surface area (Å²) < 4.78 is 18.6. The van der Waals surface area contributed by atoms with Crippen molar-refractivity contribution in [3.05, 3.63) is 89.0 Å². The smallest absolute Gasteiger partial charge is 0.338 e. The summed E-state index contributed by atoms with van der Waals surface area (Å²) in [6, 6.07) is 11.4. The number of thiazole rings is 1. The summed E-state index contributed by atoms with van der Waals surface area (Å²) in [6.07, 6.45) is 1.16. The van der Waals surface area contributed by atoms with Crippen LogP contribution in [0.1, 0.15) is 50.8 Å². The second-order valence-corrected chi connectivity index (χ2v) is 11.6. The van der Waals surface area contributed by atoms with Crippen molar-refractivity contribution in [1.29, 1.82) is 0 Å². The van der Waals surface area contributed by atoms with Crippen molar-refractivity contribution in [2.75, 3.05) is 31.8 Å². The predicted octanol–water partition coefficient (Wildman–Crippen LogP) is 3.63. The van der Waals surface area contributed by atoms with Gasteiger partial charge in [-0.3, -0.25) is 23.9 Å². The molecule has 1 atom stereocenters. The molecule has 224 valence electrons. The molecule has 1 aromatic heterocycles. The molecule has 0 N–H and O–H groups in total. The Morgan fingerprint density at radius 3 is 2.49 bits per heavy atom. The maximum atomic E-state index is 14.4. The third-order valence-electron chi connectivity index (χ3n) is 7.10. The Bertz CT molecular complexity index is 1840. The molecule has 2 aromatic carbocycles. The zero-order chi connectivity index (χ0) is 30.8. The monoisotopic (exact) mass is 667 g/mol. The van der Waals surface area contributed by atoms with Crippen molar-refractivity contribution in [2.45, 2.75) is 39.7 Å². The molecule has 2 aliphatic rings. The number of halogens is 1. The third-order valence-corrected chi connectivity index (χ3v) is 8.64. The number of aromatic nitrogens is 1. The number of methoxy groups -OCH3 is 1. The average Bonchev–Trinajstić information content (AvgIpc) is 3.45. The lowest BCUT2D eigenvalue weighted by atomic mass is 9.93. The number of carbonyl (C=O) groups excluding carboxylic acids is 3. The average molecular weight is 669 g/mol. The number of rotatable bonds is 9. The first kappa shape index (κ1) is 30.4. The minimum atomic E-state index is -0.930. The van der Waals surface area contributed by atoms with Crippen LogP contribution in [0.15, 0.2) is 68.0 Å². The molecule has 0 fully saturated rings. The van der Waals surface area contributed by atoms with Gasteiger partial charge in [0.15, 0.2) is 4.80 Å². The fraction of sp³-hybridized carbons (Fsp3) is 0.323. The highest BCUT2D eigenvalue weighted by atomic mass is 79.9. The molecule has 3 heterocycles. The summed E-state index contributed by atoms with van der Waals surface area (Å²) in [7, 11) is 1.52. The standard InChI is InChI=1S/C31H30BrN3O7S/c1-5-10-20-25(30(39)42-7-3)26(19-15-17(32)13-14-22(19)40-4)35-29(38)27(43-31(35)33-20)24-18-11-8-9-12-21(18)34(28(24)37)16-23(36)41-6-2/h8-9,11-15,26H,5-7,10,16H2,1-4H3/b27-24-/t26-/m0/s1. The van der Waals surface area contributed by atoms with Gasteiger partial charge in [-0.05, 0) is 44.5 Å². The number of allylic oxidation sites excluding steroid dienone is 1. The Morgan fingerprint density at radius 2 is 1.79 bits per heavy atom. The van der Waals surface area contributed by atoms with Crippen molar-refractivity contribution in [1.82, 2.24) is 4.57 Å². The number of amides is 1. The number of carbonyl (C=O) groups is 3. The Balaban J connectivity index is 1.83. The molecule has 1 amide bonds. The van der Waals surface area contributed by atoms with Crippen LogP contribution in [0.3, 0.4) is 0 Å². The largest absolute Gasteiger partial charge is 0.496 e. The van der Waals surface area contributed by atoms with Gasteiger partial charge < -0.3 is 14.2 Å². The van der Waals surface area contributed by atoms with E-state index in [2.05, 4.69) is 15.9 Å². The maximum Gasteiger partial charge on any atom is 0.338 e. The van der Waals surface area contributed by atoms with E-state index in [4.69, 9.17) is 19.2 Å². The fourth-order valence-electron chi connectivity index (χ4n) is 5.38. The first-order chi connectivity index (χ1) is 20.7. The molecule has 12 heteroatoms. The second kappa shape index (κ2) is 12.7. The molecule has 2 aliphatic heterocycles. The first-order valence-electron chi connectivity index (χ1n) is 13.9. The molecule has 0 saturated heterocycles. The van der Waals surface area contributed by atoms with Gasteiger partial charge in [0.2, 0.25) is 0 Å². The van der Waals surface area contributed by atoms with Crippen LogP contribution in [0.5, 0.6) is 5.75 Å². The van der Waals surface area contributed by atoms with Gasteiger partial charge in [-0.15, -0.1) is 0 Å². The van der Waals surface area contributed by atoms with Crippen LogP contribution in [0.2, 0.25) is 0 Å². The van der Waals surface area contributed by atoms with Crippen molar-refractivity contribution in [2.24, 2.45) is 4.99 Å². The number of anilines is 1. The highest BCUT2D eigenvalue weighted by Crippen LogP contribution is 2.39. The molecule has 0 unspecified atom stereocenters. The molecule has 0 radical (unpaired) electrons. The van der Waals surface area contributed by atoms with E-state index >= 15 is 0 Å². The number of esters is 2. The van der Waals surface area contributed by atoms with Gasteiger partial charge in [0.05, 0.1) is 42.9 Å². The predicted molar refractivity (Wildman–Crippen MR) is 165 cm³/mol. The van der Waals surface area contributed by atoms with Crippen LogP contribution in [0.25, 0.3) is 5.57 Å². The Kier molecular flexibility index (Phi) is 8.97. The van der Waals surface area contributed by atoms with Crippen molar-refractivity contribution in [3.8, 4) is 5.75 Å². The van der Waals surface area contributed by atoms with E-state index in [1.54, 1.807) is 56.3 Å². The minimum Gasteiger partial charge on any atom is -0.496 e. The molecule has 0 saturated carbocycles. The van der Waals surface area contributed by atoms with E-state index < -0.39 is 29.4 Å². The van der Waals surface area contributed by atoms with E-state index in [1.807, 2.05) is 6.92 Å². The summed E-state index contributed by atoms with van der Waals surface area (Å²) in [5, 5.41) is 0. The summed E-state index contributed by atoms with van der Waals surface area (Å²) in [6.45, 7) is 5.41. The highest BCUT2D eigenvalue weighted by Gasteiger charge is 2.39. The zero-order valence-electron chi connectivity index (χ0n) is 24.1. The van der Waals surface area contributed by atoms with Gasteiger partial charge in [0.25, 0.3) is 11.5 Å². The molecular formula is C31H30BrN3O7S. The summed E-state index contributed by atoms with van der Waals surface area (Å²) in [4.78, 5) is 60.7. The summed E-state index contributed by atoms with van der Waals surface area (Å²) >= 11 is 4.59. The first-order valence-corrected chi connectivity index (χ1v) is 15.5. The number of hydrogen-bond acceptors (Lipinski definition) is 9. The Morgan fingerprint density at radius 1 is 1.05 bits per heavy atom. The normalized spacial score (nSPS) is 16.9.